The third-order valence-electron chi connectivity index (χ3n) is 6.28. The smallest absolute Gasteiger partial charge is 0.380 e. The van der Waals surface area contributed by atoms with Crippen molar-refractivity contribution in [2.24, 2.45) is 11.3 Å². The van der Waals surface area contributed by atoms with Gasteiger partial charge in [0.25, 0.3) is 5.56 Å². The summed E-state index contributed by atoms with van der Waals surface area (Å²) in [4.78, 5) is 38.1. The first-order chi connectivity index (χ1) is 16.7. The Labute approximate surface area is 201 Å². The van der Waals surface area contributed by atoms with Crippen molar-refractivity contribution < 1.29 is 33.0 Å². The number of benzene rings is 1. The van der Waals surface area contributed by atoms with E-state index in [0.717, 1.165) is 0 Å². The van der Waals surface area contributed by atoms with Crippen molar-refractivity contribution in [2.45, 2.75) is 45.1 Å². The summed E-state index contributed by atoms with van der Waals surface area (Å²) in [7, 11) is -3.89. The molecule has 1 aliphatic carbocycles. The number of aliphatic hydroxyl groups excluding tert-OH is 1. The molecule has 0 bridgehead atoms. The Kier molecular flexibility index (Phi) is 7.32. The zero-order valence-electron chi connectivity index (χ0n) is 19.5. The Morgan fingerprint density at radius 3 is 2.63 bits per heavy atom. The molecule has 35 heavy (non-hydrogen) atoms. The Morgan fingerprint density at radius 2 is 2.00 bits per heavy atom. The number of para-hydroxylation sites is 1. The van der Waals surface area contributed by atoms with Gasteiger partial charge >= 0.3 is 19.3 Å². The average Bonchev–Trinajstić information content (AvgIpc) is 3.57. The Morgan fingerprint density at radius 1 is 1.29 bits per heavy atom. The minimum atomic E-state index is -3.89. The molecule has 11 nitrogen and oxygen atoms in total. The lowest BCUT2D eigenvalue weighted by atomic mass is 9.96. The molecule has 1 aromatic heterocycles. The zero-order chi connectivity index (χ0) is 25.2. The van der Waals surface area contributed by atoms with E-state index in [1.807, 2.05) is 0 Å². The number of hydrogen-bond donors (Lipinski definition) is 2. The lowest BCUT2D eigenvalue weighted by Gasteiger charge is -2.24. The molecule has 1 saturated heterocycles. The largest absolute Gasteiger partial charge is 0.466 e. The molecule has 0 amide bonds. The fourth-order valence-corrected chi connectivity index (χ4v) is 6.17. The zero-order valence-corrected chi connectivity index (χ0v) is 20.4. The molecule has 2 aromatic rings. The fraction of sp³-hybridized carbons (Fsp3) is 0.522. The molecule has 2 heterocycles. The summed E-state index contributed by atoms with van der Waals surface area (Å²) < 4.78 is 37.4. The van der Waals surface area contributed by atoms with Gasteiger partial charge in [-0.1, -0.05) is 25.1 Å². The third-order valence-corrected chi connectivity index (χ3v) is 8.30. The van der Waals surface area contributed by atoms with Crippen molar-refractivity contribution in [3.05, 3.63) is 63.4 Å². The lowest BCUT2D eigenvalue weighted by Crippen LogP contribution is -2.35. The highest BCUT2D eigenvalue weighted by Gasteiger charge is 2.64. The van der Waals surface area contributed by atoms with Gasteiger partial charge in [-0.2, -0.15) is 0 Å². The molecule has 5 atom stereocenters. The van der Waals surface area contributed by atoms with Gasteiger partial charge in [0.05, 0.1) is 31.4 Å². The van der Waals surface area contributed by atoms with Gasteiger partial charge in [-0.05, 0) is 31.9 Å². The molecule has 1 unspecified atom stereocenters. The summed E-state index contributed by atoms with van der Waals surface area (Å²) >= 11 is 0. The number of hydrogen-bond acceptors (Lipinski definition) is 9. The number of nitrogens with zero attached hydrogens (tertiary/aromatic N) is 1. The Balaban J connectivity index is 1.51. The van der Waals surface area contributed by atoms with Crippen molar-refractivity contribution in [1.82, 2.24) is 9.55 Å². The second kappa shape index (κ2) is 10.1. The number of aromatic nitrogens is 2. The molecule has 2 fully saturated rings. The highest BCUT2D eigenvalue weighted by atomic mass is 31.2. The van der Waals surface area contributed by atoms with Crippen LogP contribution in [0.5, 0.6) is 5.75 Å². The molecule has 2 aliphatic rings. The quantitative estimate of drug-likeness (QED) is 0.364. The summed E-state index contributed by atoms with van der Waals surface area (Å²) in [5.74, 6) is -0.989. The van der Waals surface area contributed by atoms with Gasteiger partial charge in [0.2, 0.25) is 0 Å². The van der Waals surface area contributed by atoms with Crippen LogP contribution >= 0.6 is 7.60 Å². The van der Waals surface area contributed by atoms with E-state index >= 15 is 0 Å². The van der Waals surface area contributed by atoms with Gasteiger partial charge in [-0.25, -0.2) is 9.36 Å². The first-order valence-corrected chi connectivity index (χ1v) is 13.2. The molecular formula is C23H29N2O9P. The van der Waals surface area contributed by atoms with E-state index in [-0.39, 0.29) is 19.4 Å². The molecule has 2 N–H and O–H groups in total. The van der Waals surface area contributed by atoms with Crippen LogP contribution in [0.15, 0.2) is 52.2 Å². The second-order valence-electron chi connectivity index (χ2n) is 8.87. The topological polar surface area (TPSA) is 146 Å². The van der Waals surface area contributed by atoms with E-state index in [9.17, 15) is 24.1 Å². The first kappa shape index (κ1) is 25.4. The van der Waals surface area contributed by atoms with Crippen molar-refractivity contribution >= 4 is 13.6 Å². The van der Waals surface area contributed by atoms with E-state index in [0.29, 0.717) is 18.6 Å². The summed E-state index contributed by atoms with van der Waals surface area (Å²) in [6.07, 6.45) is -0.420. The van der Waals surface area contributed by atoms with E-state index in [4.69, 9.17) is 18.5 Å². The molecule has 1 saturated carbocycles. The standard InChI is InChI=1S/C23H29N2O9P/c1-3-31-20(28)15(2)14-35(30,34-16-7-5-4-6-8-16)32-13-17-19(27)23(10-11-23)21(33-17)25-12-9-18(26)24-22(25)29/h4-9,12,15,17,19,21,27H,3,10-11,13-14H2,1-2H3,(H,24,26,29)/t15-,17-,19-,21-,35?/m1/s1. The minimum Gasteiger partial charge on any atom is -0.466 e. The predicted octanol–water partition coefficient (Wildman–Crippen LogP) is 2.06. The van der Waals surface area contributed by atoms with Gasteiger partial charge in [-0.3, -0.25) is 23.7 Å². The van der Waals surface area contributed by atoms with E-state index in [1.54, 1.807) is 44.2 Å². The molecule has 12 heteroatoms. The number of ether oxygens (including phenoxy) is 2. The second-order valence-corrected chi connectivity index (χ2v) is 10.9. The highest BCUT2D eigenvalue weighted by Crippen LogP contribution is 2.62. The van der Waals surface area contributed by atoms with Crippen LogP contribution in [0.1, 0.15) is 32.9 Å². The summed E-state index contributed by atoms with van der Waals surface area (Å²) in [6.45, 7) is 3.14. The number of esters is 1. The number of aliphatic hydroxyl groups is 1. The van der Waals surface area contributed by atoms with E-state index in [1.165, 1.54) is 16.8 Å². The monoisotopic (exact) mass is 508 g/mol. The van der Waals surface area contributed by atoms with Gasteiger partial charge in [0, 0.05) is 17.7 Å². The maximum Gasteiger partial charge on any atom is 0.380 e. The lowest BCUT2D eigenvalue weighted by molar-refractivity contribution is -0.146. The first-order valence-electron chi connectivity index (χ1n) is 11.5. The van der Waals surface area contributed by atoms with Gasteiger partial charge in [0.15, 0.2) is 0 Å². The van der Waals surface area contributed by atoms with Gasteiger partial charge in [-0.15, -0.1) is 0 Å². The third kappa shape index (κ3) is 5.43. The summed E-state index contributed by atoms with van der Waals surface area (Å²) in [5, 5.41) is 11.0. The number of nitrogens with one attached hydrogen (secondary N) is 1. The van der Waals surface area contributed by atoms with E-state index in [2.05, 4.69) is 4.98 Å². The number of carbonyl (C=O) groups is 1. The van der Waals surface area contributed by atoms with Crippen LogP contribution < -0.4 is 15.8 Å². The maximum atomic E-state index is 13.7. The molecule has 4 rings (SSSR count). The highest BCUT2D eigenvalue weighted by molar-refractivity contribution is 7.54. The number of aromatic amines is 1. The molecule has 0 radical (unpaired) electrons. The van der Waals surface area contributed by atoms with Gasteiger partial charge < -0.3 is 19.1 Å². The van der Waals surface area contributed by atoms with Crippen LogP contribution in [0.25, 0.3) is 0 Å². The fourth-order valence-electron chi connectivity index (χ4n) is 4.30. The number of carbonyl (C=O) groups excluding carboxylic acids is 1. The number of H-pyrrole nitrogens is 1. The van der Waals surface area contributed by atoms with Crippen molar-refractivity contribution in [3.8, 4) is 5.75 Å². The van der Waals surface area contributed by atoms with Crippen LogP contribution in [-0.4, -0.2) is 52.2 Å². The van der Waals surface area contributed by atoms with Crippen LogP contribution in [0.4, 0.5) is 0 Å². The van der Waals surface area contributed by atoms with Gasteiger partial charge in [0.1, 0.15) is 18.1 Å². The predicted molar refractivity (Wildman–Crippen MR) is 124 cm³/mol. The Bertz CT molecular complexity index is 1210. The van der Waals surface area contributed by atoms with Crippen molar-refractivity contribution in [2.75, 3.05) is 19.4 Å². The molecule has 190 valence electrons. The minimum absolute atomic E-state index is 0.184. The molecular weight excluding hydrogens is 479 g/mol. The SMILES string of the molecule is CCOC(=O)[C@H](C)CP(=O)(OC[C@H]1O[C@@H](n2ccc(=O)[nH]c2=O)C2(CC2)[C@@H]1O)Oc1ccccc1. The summed E-state index contributed by atoms with van der Waals surface area (Å²) in [6, 6.07) is 9.63. The number of rotatable bonds is 10. The normalized spacial score (nSPS) is 25.1. The molecule has 1 aliphatic heterocycles. The van der Waals surface area contributed by atoms with Crippen LogP contribution in [0.3, 0.4) is 0 Å². The van der Waals surface area contributed by atoms with Crippen LogP contribution in [-0.2, 0) is 23.4 Å². The Hall–Kier alpha value is -2.72. The average molecular weight is 508 g/mol. The molecule has 1 spiro atoms. The van der Waals surface area contributed by atoms with E-state index < -0.39 is 54.6 Å². The molecule has 1 aromatic carbocycles. The van der Waals surface area contributed by atoms with Crippen molar-refractivity contribution in [3.63, 3.8) is 0 Å². The summed E-state index contributed by atoms with van der Waals surface area (Å²) in [5.41, 5.74) is -1.90. The van der Waals surface area contributed by atoms with Crippen molar-refractivity contribution in [1.29, 1.82) is 0 Å². The van der Waals surface area contributed by atoms with Crippen LogP contribution in [0, 0.1) is 11.3 Å². The maximum absolute atomic E-state index is 13.7. The van der Waals surface area contributed by atoms with Crippen LogP contribution in [0.2, 0.25) is 0 Å².